The molecule has 1 saturated carbocycles. The Morgan fingerprint density at radius 3 is 2.48 bits per heavy atom. The SMILES string of the molecule is C=C1C(OC(C)=O)=C[C@@H](C(=O)O)[C@]2(C)CCC3(N)C(=O)OC(c4ccoc4)C[C@]3(C)C12.CC. The topological polar surface area (TPSA) is 129 Å². The second-order valence-electron chi connectivity index (χ2n) is 9.45. The van der Waals surface area contributed by atoms with Gasteiger partial charge in [-0.05, 0) is 42.4 Å². The fraction of sp³-hybridized carbons (Fsp3) is 0.560. The summed E-state index contributed by atoms with van der Waals surface area (Å²) in [5.41, 5.74) is 4.92. The molecule has 6 atom stereocenters. The lowest BCUT2D eigenvalue weighted by molar-refractivity contribution is -0.198. The Bertz CT molecular complexity index is 996. The highest BCUT2D eigenvalue weighted by atomic mass is 16.6. The van der Waals surface area contributed by atoms with Gasteiger partial charge >= 0.3 is 17.9 Å². The first-order valence-corrected chi connectivity index (χ1v) is 11.3. The summed E-state index contributed by atoms with van der Waals surface area (Å²) in [6.07, 6.45) is 4.91. The molecule has 3 N–H and O–H groups in total. The Kier molecular flexibility index (Phi) is 6.37. The Morgan fingerprint density at radius 2 is 1.94 bits per heavy atom. The Morgan fingerprint density at radius 1 is 1.27 bits per heavy atom. The molecule has 2 aliphatic carbocycles. The molecular weight excluding hydrogens is 426 g/mol. The zero-order chi connectivity index (χ0) is 24.8. The highest BCUT2D eigenvalue weighted by Crippen LogP contribution is 2.67. The van der Waals surface area contributed by atoms with Crippen molar-refractivity contribution >= 4 is 17.9 Å². The molecule has 0 bridgehead atoms. The van der Waals surface area contributed by atoms with Crippen molar-refractivity contribution in [1.82, 2.24) is 0 Å². The van der Waals surface area contributed by atoms with Crippen molar-refractivity contribution in [1.29, 1.82) is 0 Å². The van der Waals surface area contributed by atoms with Crippen LogP contribution in [-0.2, 0) is 23.9 Å². The van der Waals surface area contributed by atoms with Crippen LogP contribution in [0.3, 0.4) is 0 Å². The van der Waals surface area contributed by atoms with E-state index in [2.05, 4.69) is 6.58 Å². The maximum atomic E-state index is 13.2. The summed E-state index contributed by atoms with van der Waals surface area (Å²) in [4.78, 5) is 37.2. The van der Waals surface area contributed by atoms with Crippen molar-refractivity contribution in [2.75, 3.05) is 0 Å². The summed E-state index contributed by atoms with van der Waals surface area (Å²) in [6.45, 7) is 13.2. The van der Waals surface area contributed by atoms with Crippen molar-refractivity contribution < 1.29 is 33.4 Å². The van der Waals surface area contributed by atoms with Gasteiger partial charge in [0.15, 0.2) is 0 Å². The van der Waals surface area contributed by atoms with Crippen LogP contribution in [0.5, 0.6) is 0 Å². The number of nitrogens with two attached hydrogens (primary N) is 1. The summed E-state index contributed by atoms with van der Waals surface area (Å²) >= 11 is 0. The molecule has 3 aliphatic rings. The van der Waals surface area contributed by atoms with Gasteiger partial charge in [0.2, 0.25) is 0 Å². The van der Waals surface area contributed by atoms with E-state index in [0.29, 0.717) is 24.0 Å². The number of carboxylic acid groups (broad SMARTS) is 1. The normalized spacial score (nSPS) is 37.4. The molecular formula is C25H33NO7. The van der Waals surface area contributed by atoms with Gasteiger partial charge in [0.05, 0.1) is 18.4 Å². The zero-order valence-corrected chi connectivity index (χ0v) is 19.8. The van der Waals surface area contributed by atoms with Crippen molar-refractivity contribution in [2.45, 2.75) is 65.5 Å². The minimum absolute atomic E-state index is 0.131. The lowest BCUT2D eigenvalue weighted by Crippen LogP contribution is -2.72. The van der Waals surface area contributed by atoms with Crippen LogP contribution in [0.25, 0.3) is 0 Å². The summed E-state index contributed by atoms with van der Waals surface area (Å²) < 4.78 is 16.2. The first kappa shape index (κ1) is 24.8. The molecule has 0 aromatic carbocycles. The van der Waals surface area contributed by atoms with Crippen LogP contribution in [0.15, 0.2) is 47.0 Å². The quantitative estimate of drug-likeness (QED) is 0.646. The van der Waals surface area contributed by atoms with Gasteiger partial charge in [0, 0.05) is 23.8 Å². The molecule has 1 aromatic rings. The maximum absolute atomic E-state index is 13.2. The monoisotopic (exact) mass is 459 g/mol. The van der Waals surface area contributed by atoms with E-state index in [1.807, 2.05) is 27.7 Å². The van der Waals surface area contributed by atoms with E-state index >= 15 is 0 Å². The third-order valence-corrected chi connectivity index (χ3v) is 7.72. The van der Waals surface area contributed by atoms with E-state index in [4.69, 9.17) is 19.6 Å². The number of ether oxygens (including phenoxy) is 2. The smallest absolute Gasteiger partial charge is 0.327 e. The molecule has 3 unspecified atom stereocenters. The molecule has 8 heteroatoms. The Labute approximate surface area is 193 Å². The standard InChI is InChI=1S/C23H27NO7.C2H6/c1-12-16(30-13(2)25)9-15(19(26)27)21(3)6-7-23(24)20(28)31-17(14-5-8-29-11-14)10-22(23,4)18(12)21;1-2/h5,8-9,11,15,17-18H,1,6-7,10,24H2,2-4H3,(H,26,27);1-2H3/t15-,17?,18?,21-,22+,23?;/m0./s1. The molecule has 2 heterocycles. The molecule has 33 heavy (non-hydrogen) atoms. The number of carbonyl (C=O) groups excluding carboxylic acids is 2. The zero-order valence-electron chi connectivity index (χ0n) is 19.8. The van der Waals surface area contributed by atoms with Gasteiger partial charge in [-0.2, -0.15) is 0 Å². The van der Waals surface area contributed by atoms with Crippen molar-refractivity contribution in [3.8, 4) is 0 Å². The van der Waals surface area contributed by atoms with E-state index in [9.17, 15) is 19.5 Å². The number of hydrogen-bond acceptors (Lipinski definition) is 7. The predicted octanol–water partition coefficient (Wildman–Crippen LogP) is 4.13. The van der Waals surface area contributed by atoms with E-state index in [1.165, 1.54) is 25.5 Å². The van der Waals surface area contributed by atoms with E-state index < -0.39 is 52.2 Å². The number of esters is 2. The largest absolute Gasteiger partial charge is 0.481 e. The molecule has 1 saturated heterocycles. The molecule has 1 aliphatic heterocycles. The van der Waals surface area contributed by atoms with Crippen LogP contribution in [0.2, 0.25) is 0 Å². The van der Waals surface area contributed by atoms with Gasteiger partial charge in [-0.25, -0.2) is 0 Å². The van der Waals surface area contributed by atoms with Gasteiger partial charge in [-0.1, -0.05) is 34.3 Å². The number of rotatable bonds is 3. The minimum Gasteiger partial charge on any atom is -0.481 e. The van der Waals surface area contributed by atoms with E-state index in [0.717, 1.165) is 0 Å². The average molecular weight is 460 g/mol. The molecule has 180 valence electrons. The number of fused-ring (bicyclic) bond motifs is 3. The molecule has 8 nitrogen and oxygen atoms in total. The second kappa shape index (κ2) is 8.48. The Balaban J connectivity index is 0.00000149. The summed E-state index contributed by atoms with van der Waals surface area (Å²) in [5.74, 6) is -3.45. The third kappa shape index (κ3) is 3.60. The first-order valence-electron chi connectivity index (χ1n) is 11.3. The fourth-order valence-electron chi connectivity index (χ4n) is 6.14. The number of allylic oxidation sites excluding steroid dienone is 1. The lowest BCUT2D eigenvalue weighted by atomic mass is 9.41. The molecule has 0 spiro atoms. The summed E-state index contributed by atoms with van der Waals surface area (Å²) in [6, 6.07) is 1.73. The average Bonchev–Trinajstić information content (AvgIpc) is 3.28. The first-order chi connectivity index (χ1) is 15.4. The van der Waals surface area contributed by atoms with Crippen LogP contribution < -0.4 is 5.73 Å². The third-order valence-electron chi connectivity index (χ3n) is 7.72. The molecule has 0 radical (unpaired) electrons. The number of cyclic esters (lactones) is 1. The van der Waals surface area contributed by atoms with Crippen molar-refractivity contribution in [2.24, 2.45) is 28.4 Å². The Hall–Kier alpha value is -2.87. The highest BCUT2D eigenvalue weighted by Gasteiger charge is 2.69. The summed E-state index contributed by atoms with van der Waals surface area (Å²) in [7, 11) is 0. The van der Waals surface area contributed by atoms with Crippen LogP contribution in [0, 0.1) is 22.7 Å². The van der Waals surface area contributed by atoms with Crippen LogP contribution >= 0.6 is 0 Å². The van der Waals surface area contributed by atoms with Gasteiger partial charge in [-0.3, -0.25) is 14.4 Å². The number of carboxylic acids is 1. The number of aliphatic carboxylic acids is 1. The predicted molar refractivity (Wildman–Crippen MR) is 119 cm³/mol. The second-order valence-corrected chi connectivity index (χ2v) is 9.45. The fourth-order valence-corrected chi connectivity index (χ4v) is 6.14. The number of carbonyl (C=O) groups is 3. The molecule has 4 rings (SSSR count). The van der Waals surface area contributed by atoms with Crippen molar-refractivity contribution in [3.05, 3.63) is 48.1 Å². The minimum atomic E-state index is -1.33. The summed E-state index contributed by atoms with van der Waals surface area (Å²) in [5, 5.41) is 10.0. The van der Waals surface area contributed by atoms with Crippen LogP contribution in [0.1, 0.15) is 65.5 Å². The van der Waals surface area contributed by atoms with Gasteiger partial charge in [-0.15, -0.1) is 0 Å². The van der Waals surface area contributed by atoms with Crippen molar-refractivity contribution in [3.63, 3.8) is 0 Å². The van der Waals surface area contributed by atoms with Gasteiger partial charge in [0.1, 0.15) is 17.4 Å². The van der Waals surface area contributed by atoms with E-state index in [-0.39, 0.29) is 12.2 Å². The van der Waals surface area contributed by atoms with Crippen LogP contribution in [0.4, 0.5) is 0 Å². The van der Waals surface area contributed by atoms with Crippen LogP contribution in [-0.4, -0.2) is 28.6 Å². The van der Waals surface area contributed by atoms with E-state index in [1.54, 1.807) is 6.07 Å². The molecule has 0 amide bonds. The lowest BCUT2D eigenvalue weighted by Gasteiger charge is -2.64. The number of furan rings is 1. The molecule has 2 fully saturated rings. The molecule has 1 aromatic heterocycles. The highest BCUT2D eigenvalue weighted by molar-refractivity contribution is 5.84. The number of hydrogen-bond donors (Lipinski definition) is 2. The van der Waals surface area contributed by atoms with Gasteiger partial charge in [0.25, 0.3) is 0 Å². The van der Waals surface area contributed by atoms with Gasteiger partial charge < -0.3 is 24.7 Å². The maximum Gasteiger partial charge on any atom is 0.327 e.